The Bertz CT molecular complexity index is 384. The molecular weight excluding hydrogens is 198 g/mol. The normalized spacial score (nSPS) is 12.1. The fourth-order valence-electron chi connectivity index (χ4n) is 1.63. The predicted molar refractivity (Wildman–Crippen MR) is 65.3 cm³/mol. The van der Waals surface area contributed by atoms with Gasteiger partial charge >= 0.3 is 0 Å². The maximum Gasteiger partial charge on any atom is 0.128 e. The predicted octanol–water partition coefficient (Wildman–Crippen LogP) is 2.67. The molecule has 0 radical (unpaired) electrons. The fourth-order valence-corrected chi connectivity index (χ4v) is 1.63. The first-order valence-corrected chi connectivity index (χ1v) is 5.33. The lowest BCUT2D eigenvalue weighted by Crippen LogP contribution is -2.22. The molecule has 0 saturated heterocycles. The van der Waals surface area contributed by atoms with Crippen LogP contribution >= 0.6 is 0 Å². The number of rotatable bonds is 3. The highest BCUT2D eigenvalue weighted by molar-refractivity contribution is 5.40. The Morgan fingerprint density at radius 2 is 1.81 bits per heavy atom. The second-order valence-corrected chi connectivity index (χ2v) is 3.76. The molecule has 0 N–H and O–H groups in total. The molecular formula is C13H15N3. The summed E-state index contributed by atoms with van der Waals surface area (Å²) in [5, 5.41) is 0. The number of hydrogen-bond donors (Lipinski definition) is 0. The standard InChI is InChI=1S/C13H15N3/c1-11(12-6-9-14-10-7-12)16(2)13-5-3-4-8-15-13/h3-11H,1-2H3. The molecule has 82 valence electrons. The second kappa shape index (κ2) is 4.75. The summed E-state index contributed by atoms with van der Waals surface area (Å²) >= 11 is 0. The van der Waals surface area contributed by atoms with E-state index in [-0.39, 0.29) is 6.04 Å². The first-order chi connectivity index (χ1) is 7.79. The molecule has 0 aliphatic rings. The van der Waals surface area contributed by atoms with Gasteiger partial charge in [-0.3, -0.25) is 4.98 Å². The molecule has 16 heavy (non-hydrogen) atoms. The van der Waals surface area contributed by atoms with Gasteiger partial charge in [-0.2, -0.15) is 0 Å². The lowest BCUT2D eigenvalue weighted by Gasteiger charge is -2.26. The van der Waals surface area contributed by atoms with Gasteiger partial charge in [0.15, 0.2) is 0 Å². The van der Waals surface area contributed by atoms with Crippen molar-refractivity contribution in [3.05, 3.63) is 54.5 Å². The lowest BCUT2D eigenvalue weighted by atomic mass is 10.1. The van der Waals surface area contributed by atoms with Crippen molar-refractivity contribution in [1.29, 1.82) is 0 Å². The van der Waals surface area contributed by atoms with Gasteiger partial charge in [0.05, 0.1) is 6.04 Å². The Kier molecular flexibility index (Phi) is 3.15. The fraction of sp³-hybridized carbons (Fsp3) is 0.231. The summed E-state index contributed by atoms with van der Waals surface area (Å²) in [7, 11) is 2.05. The van der Waals surface area contributed by atoms with E-state index in [0.717, 1.165) is 5.82 Å². The zero-order valence-corrected chi connectivity index (χ0v) is 9.54. The lowest BCUT2D eigenvalue weighted by molar-refractivity contribution is 0.727. The summed E-state index contributed by atoms with van der Waals surface area (Å²) < 4.78 is 0. The molecule has 0 aliphatic heterocycles. The zero-order chi connectivity index (χ0) is 11.4. The number of anilines is 1. The van der Waals surface area contributed by atoms with Gasteiger partial charge in [0.1, 0.15) is 5.82 Å². The van der Waals surface area contributed by atoms with Gasteiger partial charge in [-0.15, -0.1) is 0 Å². The summed E-state index contributed by atoms with van der Waals surface area (Å²) in [6.45, 7) is 2.16. The van der Waals surface area contributed by atoms with Crippen LogP contribution in [0, 0.1) is 0 Å². The van der Waals surface area contributed by atoms with Gasteiger partial charge in [0, 0.05) is 25.6 Å². The van der Waals surface area contributed by atoms with Crippen LogP contribution in [-0.4, -0.2) is 17.0 Å². The SMILES string of the molecule is CC(c1ccncc1)N(C)c1ccccn1. The average molecular weight is 213 g/mol. The van der Waals surface area contributed by atoms with Crippen LogP contribution in [0.3, 0.4) is 0 Å². The Balaban J connectivity index is 2.20. The first kappa shape index (κ1) is 10.6. The van der Waals surface area contributed by atoms with Crippen LogP contribution in [-0.2, 0) is 0 Å². The van der Waals surface area contributed by atoms with Crippen LogP contribution in [0.15, 0.2) is 48.9 Å². The summed E-state index contributed by atoms with van der Waals surface area (Å²) in [4.78, 5) is 10.5. The quantitative estimate of drug-likeness (QED) is 0.785. The number of hydrogen-bond acceptors (Lipinski definition) is 3. The molecule has 3 nitrogen and oxygen atoms in total. The second-order valence-electron chi connectivity index (χ2n) is 3.76. The van der Waals surface area contributed by atoms with Gasteiger partial charge < -0.3 is 4.90 Å². The van der Waals surface area contributed by atoms with E-state index in [9.17, 15) is 0 Å². The number of pyridine rings is 2. The molecule has 0 fully saturated rings. The van der Waals surface area contributed by atoms with Crippen LogP contribution in [0.25, 0.3) is 0 Å². The van der Waals surface area contributed by atoms with Crippen LogP contribution in [0.4, 0.5) is 5.82 Å². The van der Waals surface area contributed by atoms with Gasteiger partial charge in [0.25, 0.3) is 0 Å². The van der Waals surface area contributed by atoms with Crippen molar-refractivity contribution >= 4 is 5.82 Å². The Morgan fingerprint density at radius 1 is 1.06 bits per heavy atom. The van der Waals surface area contributed by atoms with Gasteiger partial charge in [-0.1, -0.05) is 6.07 Å². The largest absolute Gasteiger partial charge is 0.353 e. The Morgan fingerprint density at radius 3 is 2.44 bits per heavy atom. The smallest absolute Gasteiger partial charge is 0.128 e. The highest BCUT2D eigenvalue weighted by atomic mass is 15.2. The van der Waals surface area contributed by atoms with E-state index in [2.05, 4.69) is 21.8 Å². The molecule has 0 amide bonds. The molecule has 3 heteroatoms. The third kappa shape index (κ3) is 2.19. The first-order valence-electron chi connectivity index (χ1n) is 5.33. The molecule has 1 unspecified atom stereocenters. The minimum Gasteiger partial charge on any atom is -0.353 e. The maximum absolute atomic E-state index is 4.34. The third-order valence-corrected chi connectivity index (χ3v) is 2.78. The van der Waals surface area contributed by atoms with Crippen molar-refractivity contribution < 1.29 is 0 Å². The van der Waals surface area contributed by atoms with E-state index in [1.54, 1.807) is 0 Å². The molecule has 1 atom stereocenters. The molecule has 2 heterocycles. The van der Waals surface area contributed by atoms with E-state index in [0.29, 0.717) is 0 Å². The summed E-state index contributed by atoms with van der Waals surface area (Å²) in [5.41, 5.74) is 1.24. The van der Waals surface area contributed by atoms with E-state index < -0.39 is 0 Å². The van der Waals surface area contributed by atoms with Crippen LogP contribution < -0.4 is 4.90 Å². The summed E-state index contributed by atoms with van der Waals surface area (Å²) in [6, 6.07) is 10.3. The van der Waals surface area contributed by atoms with Gasteiger partial charge in [-0.05, 0) is 36.8 Å². The molecule has 0 aliphatic carbocycles. The van der Waals surface area contributed by atoms with Gasteiger partial charge in [-0.25, -0.2) is 4.98 Å². The van der Waals surface area contributed by atoms with E-state index >= 15 is 0 Å². The molecule has 0 bridgehead atoms. The van der Waals surface area contributed by atoms with Crippen molar-refractivity contribution in [3.63, 3.8) is 0 Å². The van der Waals surface area contributed by atoms with Crippen molar-refractivity contribution in [2.75, 3.05) is 11.9 Å². The molecule has 0 spiro atoms. The van der Waals surface area contributed by atoms with Crippen LogP contribution in [0.2, 0.25) is 0 Å². The van der Waals surface area contributed by atoms with E-state index in [4.69, 9.17) is 0 Å². The van der Waals surface area contributed by atoms with E-state index in [1.807, 2.05) is 56.0 Å². The zero-order valence-electron chi connectivity index (χ0n) is 9.54. The molecule has 2 aromatic heterocycles. The molecule has 0 aromatic carbocycles. The van der Waals surface area contributed by atoms with Crippen molar-refractivity contribution in [2.24, 2.45) is 0 Å². The minimum atomic E-state index is 0.290. The van der Waals surface area contributed by atoms with Crippen molar-refractivity contribution in [1.82, 2.24) is 9.97 Å². The average Bonchev–Trinajstić information content (AvgIpc) is 2.39. The minimum absolute atomic E-state index is 0.290. The molecule has 2 aromatic rings. The highest BCUT2D eigenvalue weighted by Gasteiger charge is 2.12. The van der Waals surface area contributed by atoms with Crippen molar-refractivity contribution in [3.8, 4) is 0 Å². The van der Waals surface area contributed by atoms with Crippen molar-refractivity contribution in [2.45, 2.75) is 13.0 Å². The Labute approximate surface area is 95.8 Å². The molecule has 2 rings (SSSR count). The van der Waals surface area contributed by atoms with Gasteiger partial charge in [0.2, 0.25) is 0 Å². The van der Waals surface area contributed by atoms with E-state index in [1.165, 1.54) is 5.56 Å². The molecule has 0 saturated carbocycles. The number of nitrogens with zero attached hydrogens (tertiary/aromatic N) is 3. The maximum atomic E-state index is 4.34. The third-order valence-electron chi connectivity index (χ3n) is 2.78. The van der Waals surface area contributed by atoms with Crippen LogP contribution in [0.1, 0.15) is 18.5 Å². The summed E-state index contributed by atoms with van der Waals surface area (Å²) in [6.07, 6.45) is 5.45. The van der Waals surface area contributed by atoms with Crippen LogP contribution in [0.5, 0.6) is 0 Å². The topological polar surface area (TPSA) is 29.0 Å². The highest BCUT2D eigenvalue weighted by Crippen LogP contribution is 2.22. The number of aromatic nitrogens is 2. The summed E-state index contributed by atoms with van der Waals surface area (Å²) in [5.74, 6) is 0.979. The monoisotopic (exact) mass is 213 g/mol. The Hall–Kier alpha value is -1.90.